The third kappa shape index (κ3) is 6.15. The maximum absolute atomic E-state index is 12.7. The van der Waals surface area contributed by atoms with Gasteiger partial charge in [-0.25, -0.2) is 13.2 Å². The quantitative estimate of drug-likeness (QED) is 0.256. The Labute approximate surface area is 211 Å². The van der Waals surface area contributed by atoms with Crippen molar-refractivity contribution < 1.29 is 17.9 Å². The van der Waals surface area contributed by atoms with Gasteiger partial charge in [-0.1, -0.05) is 23.2 Å². The van der Waals surface area contributed by atoms with E-state index in [0.29, 0.717) is 26.3 Å². The summed E-state index contributed by atoms with van der Waals surface area (Å²) in [7, 11) is -2.53. The second-order valence-corrected chi connectivity index (χ2v) is 11.0. The molecule has 0 bridgehead atoms. The minimum atomic E-state index is -3.85. The Morgan fingerprint density at radius 2 is 1.61 bits per heavy atom. The molecule has 0 atom stereocenters. The Hall–Kier alpha value is -2.37. The summed E-state index contributed by atoms with van der Waals surface area (Å²) in [5.74, 6) is -0.454. The number of nitrogens with one attached hydrogen (secondary N) is 3. The van der Waals surface area contributed by atoms with Crippen molar-refractivity contribution in [1.82, 2.24) is 0 Å². The maximum Gasteiger partial charge on any atom is 0.341 e. The molecule has 3 aromatic rings. The maximum atomic E-state index is 12.7. The second kappa shape index (κ2) is 10.3. The van der Waals surface area contributed by atoms with Gasteiger partial charge in [-0.15, -0.1) is 11.3 Å². The van der Waals surface area contributed by atoms with Crippen LogP contribution in [0.3, 0.4) is 0 Å². The molecule has 0 amide bonds. The summed E-state index contributed by atoms with van der Waals surface area (Å²) in [6, 6.07) is 10.4. The molecule has 174 valence electrons. The predicted molar refractivity (Wildman–Crippen MR) is 139 cm³/mol. The second-order valence-electron chi connectivity index (χ2n) is 6.85. The summed E-state index contributed by atoms with van der Waals surface area (Å²) in [6.07, 6.45) is 0. The summed E-state index contributed by atoms with van der Waals surface area (Å²) in [6.45, 7) is 3.74. The number of carbonyl (C=O) groups excluding carboxylic acids is 1. The Bertz CT molecular complexity index is 1300. The molecule has 3 rings (SSSR count). The minimum absolute atomic E-state index is 0.0421. The first kappa shape index (κ1) is 25.3. The third-order valence-corrected chi connectivity index (χ3v) is 7.70. The van der Waals surface area contributed by atoms with Crippen molar-refractivity contribution in [3.63, 3.8) is 0 Å². The summed E-state index contributed by atoms with van der Waals surface area (Å²) in [5.41, 5.74) is 2.06. The van der Waals surface area contributed by atoms with Crippen LogP contribution in [0.5, 0.6) is 0 Å². The van der Waals surface area contributed by atoms with Gasteiger partial charge in [0, 0.05) is 20.6 Å². The van der Waals surface area contributed by atoms with Crippen LogP contribution in [0.4, 0.5) is 16.4 Å². The largest absolute Gasteiger partial charge is 0.465 e. The van der Waals surface area contributed by atoms with Gasteiger partial charge in [0.2, 0.25) is 0 Å². The number of ether oxygens (including phenoxy) is 1. The van der Waals surface area contributed by atoms with Crippen molar-refractivity contribution in [1.29, 1.82) is 0 Å². The van der Waals surface area contributed by atoms with Crippen LogP contribution in [-0.4, -0.2) is 26.6 Å². The molecule has 0 fully saturated rings. The average Bonchev–Trinajstić information content (AvgIpc) is 2.99. The van der Waals surface area contributed by atoms with Gasteiger partial charge >= 0.3 is 5.97 Å². The fraction of sp³-hybridized carbons (Fsp3) is 0.143. The Morgan fingerprint density at radius 3 is 2.18 bits per heavy atom. The first-order valence-electron chi connectivity index (χ1n) is 9.35. The van der Waals surface area contributed by atoms with Crippen molar-refractivity contribution in [3.8, 4) is 0 Å². The Morgan fingerprint density at radius 1 is 1.00 bits per heavy atom. The number of halogens is 2. The molecule has 2 aromatic carbocycles. The molecule has 0 aliphatic heterocycles. The van der Waals surface area contributed by atoms with E-state index < -0.39 is 16.0 Å². The van der Waals surface area contributed by atoms with Crippen molar-refractivity contribution >= 4 is 84.2 Å². The van der Waals surface area contributed by atoms with Crippen LogP contribution in [0.1, 0.15) is 20.8 Å². The smallest absolute Gasteiger partial charge is 0.341 e. The zero-order valence-electron chi connectivity index (χ0n) is 17.7. The van der Waals surface area contributed by atoms with Crippen LogP contribution >= 0.6 is 46.8 Å². The van der Waals surface area contributed by atoms with Gasteiger partial charge in [-0.2, -0.15) is 0 Å². The molecule has 33 heavy (non-hydrogen) atoms. The number of thiocarbonyl (C=S) groups is 1. The lowest BCUT2D eigenvalue weighted by molar-refractivity contribution is 0.0601. The van der Waals surface area contributed by atoms with Crippen molar-refractivity contribution in [2.45, 2.75) is 18.7 Å². The normalized spacial score (nSPS) is 11.1. The molecule has 1 aromatic heterocycles. The van der Waals surface area contributed by atoms with E-state index in [1.807, 2.05) is 13.8 Å². The van der Waals surface area contributed by atoms with Gasteiger partial charge < -0.3 is 15.4 Å². The molecule has 1 heterocycles. The van der Waals surface area contributed by atoms with E-state index in [-0.39, 0.29) is 15.7 Å². The van der Waals surface area contributed by atoms with Crippen molar-refractivity contribution in [2.24, 2.45) is 0 Å². The standard InChI is InChI=1S/C21H19Cl2N3O4S3/c1-11-12(2)32-19(18(11)20(27)30-3)25-21(31)24-15-4-6-17(7-5-15)33(28,29)26-16-9-13(22)8-14(23)10-16/h4-10,26H,1-3H3,(H2,24,25,31). The Kier molecular flexibility index (Phi) is 7.86. The highest BCUT2D eigenvalue weighted by atomic mass is 35.5. The van der Waals surface area contributed by atoms with Crippen molar-refractivity contribution in [3.05, 3.63) is 68.5 Å². The number of benzene rings is 2. The van der Waals surface area contributed by atoms with E-state index in [4.69, 9.17) is 40.2 Å². The first-order chi connectivity index (χ1) is 15.5. The van der Waals surface area contributed by atoms with Crippen LogP contribution in [-0.2, 0) is 14.8 Å². The number of esters is 1. The SMILES string of the molecule is COC(=O)c1c(NC(=S)Nc2ccc(S(=O)(=O)Nc3cc(Cl)cc(Cl)c3)cc2)sc(C)c1C. The number of carbonyl (C=O) groups is 1. The lowest BCUT2D eigenvalue weighted by Crippen LogP contribution is -2.20. The van der Waals surface area contributed by atoms with E-state index in [9.17, 15) is 13.2 Å². The number of hydrogen-bond acceptors (Lipinski definition) is 6. The predicted octanol–water partition coefficient (Wildman–Crippen LogP) is 6.07. The average molecular weight is 545 g/mol. The van der Waals surface area contributed by atoms with Crippen LogP contribution in [0, 0.1) is 13.8 Å². The van der Waals surface area contributed by atoms with Gasteiger partial charge in [0.25, 0.3) is 10.0 Å². The fourth-order valence-corrected chi connectivity index (χ4v) is 5.78. The molecule has 0 radical (unpaired) electrons. The van der Waals surface area contributed by atoms with Crippen LogP contribution in [0.25, 0.3) is 0 Å². The van der Waals surface area contributed by atoms with Gasteiger partial charge in [0.15, 0.2) is 5.11 Å². The number of aryl methyl sites for hydroxylation is 1. The molecule has 0 saturated heterocycles. The summed E-state index contributed by atoms with van der Waals surface area (Å²) in [4.78, 5) is 13.1. The van der Waals surface area contributed by atoms with Crippen LogP contribution < -0.4 is 15.4 Å². The van der Waals surface area contributed by atoms with Crippen molar-refractivity contribution in [2.75, 3.05) is 22.5 Å². The molecule has 0 spiro atoms. The molecule has 0 aliphatic rings. The molecule has 0 unspecified atom stereocenters. The number of anilines is 3. The first-order valence-corrected chi connectivity index (χ1v) is 12.8. The molecule has 3 N–H and O–H groups in total. The van der Waals surface area contributed by atoms with E-state index >= 15 is 0 Å². The molecule has 0 aliphatic carbocycles. The van der Waals surface area contributed by atoms with Gasteiger partial charge in [0.1, 0.15) is 5.00 Å². The molecule has 7 nitrogen and oxygen atoms in total. The number of rotatable bonds is 6. The summed E-state index contributed by atoms with van der Waals surface area (Å²) < 4.78 is 32.6. The number of sulfonamides is 1. The van der Waals surface area contributed by atoms with E-state index in [2.05, 4.69) is 15.4 Å². The lowest BCUT2D eigenvalue weighted by atomic mass is 10.1. The lowest BCUT2D eigenvalue weighted by Gasteiger charge is -2.12. The third-order valence-electron chi connectivity index (χ3n) is 4.54. The van der Waals surface area contributed by atoms with Gasteiger partial charge in [-0.3, -0.25) is 4.72 Å². The number of thiophene rings is 1. The van der Waals surface area contributed by atoms with E-state index in [1.165, 1.54) is 48.8 Å². The fourth-order valence-electron chi connectivity index (χ4n) is 2.87. The van der Waals surface area contributed by atoms with Crippen LogP contribution in [0.2, 0.25) is 10.0 Å². The minimum Gasteiger partial charge on any atom is -0.465 e. The monoisotopic (exact) mass is 543 g/mol. The molecular formula is C21H19Cl2N3O4S3. The summed E-state index contributed by atoms with van der Waals surface area (Å²) >= 11 is 18.6. The zero-order valence-corrected chi connectivity index (χ0v) is 21.6. The van der Waals surface area contributed by atoms with E-state index in [1.54, 1.807) is 12.1 Å². The molecule has 12 heteroatoms. The van der Waals surface area contributed by atoms with E-state index in [0.717, 1.165) is 10.4 Å². The highest BCUT2D eigenvalue weighted by Crippen LogP contribution is 2.33. The number of methoxy groups -OCH3 is 1. The highest BCUT2D eigenvalue weighted by molar-refractivity contribution is 7.92. The zero-order chi connectivity index (χ0) is 24.3. The molecular weight excluding hydrogens is 525 g/mol. The van der Waals surface area contributed by atoms with Crippen LogP contribution in [0.15, 0.2) is 47.4 Å². The topological polar surface area (TPSA) is 96.5 Å². The Balaban J connectivity index is 1.71. The number of hydrogen-bond donors (Lipinski definition) is 3. The summed E-state index contributed by atoms with van der Waals surface area (Å²) in [5, 5.41) is 7.41. The molecule has 0 saturated carbocycles. The van der Waals surface area contributed by atoms with Gasteiger partial charge in [0.05, 0.1) is 23.3 Å². The highest BCUT2D eigenvalue weighted by Gasteiger charge is 2.21. The van der Waals surface area contributed by atoms with Gasteiger partial charge in [-0.05, 0) is 74.1 Å².